The molecule has 0 aliphatic heterocycles. The normalized spacial score (nSPS) is 15.6. The molecule has 22 heavy (non-hydrogen) atoms. The van der Waals surface area contributed by atoms with Gasteiger partial charge >= 0.3 is 0 Å². The summed E-state index contributed by atoms with van der Waals surface area (Å²) in [6.07, 6.45) is 4.99. The van der Waals surface area contributed by atoms with E-state index < -0.39 is 0 Å². The quantitative estimate of drug-likeness (QED) is 0.879. The van der Waals surface area contributed by atoms with Crippen molar-refractivity contribution in [3.63, 3.8) is 0 Å². The van der Waals surface area contributed by atoms with Crippen molar-refractivity contribution in [3.05, 3.63) is 46.2 Å². The molecule has 1 saturated carbocycles. The standard InChI is InChI=1S/C15H15Cl2N3O2/c16-11-1-2-13(12(17)5-11)20-7-10(6-19-20)14(22)18-8-15(9-21)3-4-15/h1-2,5-7,21H,3-4,8-9H2,(H,18,22). The van der Waals surface area contributed by atoms with Gasteiger partial charge in [-0.3, -0.25) is 4.79 Å². The highest BCUT2D eigenvalue weighted by molar-refractivity contribution is 6.35. The maximum Gasteiger partial charge on any atom is 0.254 e. The van der Waals surface area contributed by atoms with E-state index in [1.165, 1.54) is 10.9 Å². The van der Waals surface area contributed by atoms with Gasteiger partial charge in [-0.05, 0) is 31.0 Å². The zero-order valence-electron chi connectivity index (χ0n) is 11.7. The highest BCUT2D eigenvalue weighted by Gasteiger charge is 2.42. The number of nitrogens with one attached hydrogen (secondary N) is 1. The summed E-state index contributed by atoms with van der Waals surface area (Å²) in [7, 11) is 0. The van der Waals surface area contributed by atoms with Crippen LogP contribution in [-0.2, 0) is 0 Å². The molecule has 1 heterocycles. The van der Waals surface area contributed by atoms with Gasteiger partial charge in [-0.1, -0.05) is 23.2 Å². The molecule has 1 aliphatic rings. The molecule has 116 valence electrons. The first-order valence-corrected chi connectivity index (χ1v) is 7.68. The van der Waals surface area contributed by atoms with Crippen LogP contribution in [-0.4, -0.2) is 33.9 Å². The highest BCUT2D eigenvalue weighted by atomic mass is 35.5. The van der Waals surface area contributed by atoms with Crippen molar-refractivity contribution >= 4 is 29.1 Å². The van der Waals surface area contributed by atoms with Gasteiger partial charge in [0, 0.05) is 23.2 Å². The second-order valence-electron chi connectivity index (χ2n) is 5.61. The molecular formula is C15H15Cl2N3O2. The minimum Gasteiger partial charge on any atom is -0.396 e. The fourth-order valence-corrected chi connectivity index (χ4v) is 2.67. The number of rotatable bonds is 5. The molecule has 2 aromatic rings. The summed E-state index contributed by atoms with van der Waals surface area (Å²) in [6.45, 7) is 0.585. The molecule has 1 aromatic carbocycles. The lowest BCUT2D eigenvalue weighted by Crippen LogP contribution is -2.31. The Morgan fingerprint density at radius 1 is 1.41 bits per heavy atom. The van der Waals surface area contributed by atoms with E-state index in [-0.39, 0.29) is 17.9 Å². The van der Waals surface area contributed by atoms with E-state index in [0.717, 1.165) is 12.8 Å². The van der Waals surface area contributed by atoms with Crippen molar-refractivity contribution in [1.29, 1.82) is 0 Å². The van der Waals surface area contributed by atoms with Crippen molar-refractivity contribution in [1.82, 2.24) is 15.1 Å². The molecule has 0 saturated heterocycles. The summed E-state index contributed by atoms with van der Waals surface area (Å²) >= 11 is 12.0. The fourth-order valence-electron chi connectivity index (χ4n) is 2.18. The number of halogens is 2. The van der Waals surface area contributed by atoms with Gasteiger partial charge in [0.15, 0.2) is 0 Å². The molecule has 2 N–H and O–H groups in total. The van der Waals surface area contributed by atoms with Gasteiger partial charge in [-0.15, -0.1) is 0 Å². The number of amides is 1. The van der Waals surface area contributed by atoms with Crippen LogP contribution >= 0.6 is 23.2 Å². The third-order valence-electron chi connectivity index (χ3n) is 3.92. The molecule has 0 unspecified atom stereocenters. The molecule has 0 atom stereocenters. The van der Waals surface area contributed by atoms with Crippen LogP contribution in [0.4, 0.5) is 0 Å². The molecule has 0 bridgehead atoms. The first-order valence-electron chi connectivity index (χ1n) is 6.92. The summed E-state index contributed by atoms with van der Waals surface area (Å²) < 4.78 is 1.53. The molecule has 1 fully saturated rings. The second kappa shape index (κ2) is 5.91. The van der Waals surface area contributed by atoms with Crippen molar-refractivity contribution in [3.8, 4) is 5.69 Å². The number of nitrogens with zero attached hydrogens (tertiary/aromatic N) is 2. The lowest BCUT2D eigenvalue weighted by molar-refractivity contribution is 0.0935. The molecule has 1 aromatic heterocycles. The zero-order valence-corrected chi connectivity index (χ0v) is 13.2. The predicted molar refractivity (Wildman–Crippen MR) is 84.7 cm³/mol. The van der Waals surface area contributed by atoms with Gasteiger partial charge in [0.1, 0.15) is 0 Å². The van der Waals surface area contributed by atoms with Crippen molar-refractivity contribution in [2.75, 3.05) is 13.2 Å². The number of hydrogen-bond donors (Lipinski definition) is 2. The van der Waals surface area contributed by atoms with Gasteiger partial charge in [0.2, 0.25) is 0 Å². The summed E-state index contributed by atoms with van der Waals surface area (Å²) in [5.74, 6) is -0.212. The Labute approximate surface area is 137 Å². The van der Waals surface area contributed by atoms with Crippen LogP contribution in [0.25, 0.3) is 5.69 Å². The van der Waals surface area contributed by atoms with E-state index in [2.05, 4.69) is 10.4 Å². The van der Waals surface area contributed by atoms with Crippen LogP contribution in [0.5, 0.6) is 0 Å². The van der Waals surface area contributed by atoms with E-state index in [0.29, 0.717) is 27.8 Å². The van der Waals surface area contributed by atoms with Crippen molar-refractivity contribution in [2.45, 2.75) is 12.8 Å². The smallest absolute Gasteiger partial charge is 0.254 e. The third kappa shape index (κ3) is 3.11. The Hall–Kier alpha value is -1.56. The van der Waals surface area contributed by atoms with Crippen LogP contribution in [0.1, 0.15) is 23.2 Å². The summed E-state index contributed by atoms with van der Waals surface area (Å²) in [4.78, 5) is 12.1. The minimum atomic E-state index is -0.212. The molecule has 0 radical (unpaired) electrons. The Morgan fingerprint density at radius 3 is 2.82 bits per heavy atom. The maximum atomic E-state index is 12.1. The lowest BCUT2D eigenvalue weighted by Gasteiger charge is -2.11. The minimum absolute atomic E-state index is 0.104. The Morgan fingerprint density at radius 2 is 2.18 bits per heavy atom. The summed E-state index contributed by atoms with van der Waals surface area (Å²) in [6, 6.07) is 5.07. The molecule has 7 heteroatoms. The third-order valence-corrected chi connectivity index (χ3v) is 4.46. The number of hydrogen-bond acceptors (Lipinski definition) is 3. The second-order valence-corrected chi connectivity index (χ2v) is 6.45. The van der Waals surface area contributed by atoms with Crippen LogP contribution in [0.15, 0.2) is 30.6 Å². The molecule has 3 rings (SSSR count). The summed E-state index contributed by atoms with van der Waals surface area (Å²) in [5, 5.41) is 17.2. The van der Waals surface area contributed by atoms with Crippen molar-refractivity contribution in [2.24, 2.45) is 5.41 Å². The number of carbonyl (C=O) groups excluding carboxylic acids is 1. The van der Waals surface area contributed by atoms with Crippen LogP contribution in [0.2, 0.25) is 10.0 Å². The molecule has 1 amide bonds. The van der Waals surface area contributed by atoms with Crippen LogP contribution in [0.3, 0.4) is 0 Å². The number of aliphatic hydroxyl groups excluding tert-OH is 1. The van der Waals surface area contributed by atoms with Crippen LogP contribution < -0.4 is 5.32 Å². The number of carbonyl (C=O) groups is 1. The predicted octanol–water partition coefficient (Wildman–Crippen LogP) is 2.68. The van der Waals surface area contributed by atoms with Gasteiger partial charge in [0.25, 0.3) is 5.91 Å². The zero-order chi connectivity index (χ0) is 15.7. The lowest BCUT2D eigenvalue weighted by atomic mass is 10.1. The van der Waals surface area contributed by atoms with E-state index in [1.807, 2.05) is 0 Å². The highest BCUT2D eigenvalue weighted by Crippen LogP contribution is 2.44. The number of aromatic nitrogens is 2. The first-order chi connectivity index (χ1) is 10.5. The maximum absolute atomic E-state index is 12.1. The van der Waals surface area contributed by atoms with E-state index >= 15 is 0 Å². The van der Waals surface area contributed by atoms with Crippen LogP contribution in [0, 0.1) is 5.41 Å². The summed E-state index contributed by atoms with van der Waals surface area (Å²) in [5.41, 5.74) is 0.976. The molecule has 5 nitrogen and oxygen atoms in total. The Bertz CT molecular complexity index is 711. The van der Waals surface area contributed by atoms with Crippen molar-refractivity contribution < 1.29 is 9.90 Å². The van der Waals surface area contributed by atoms with E-state index in [4.69, 9.17) is 23.2 Å². The van der Waals surface area contributed by atoms with E-state index in [9.17, 15) is 9.90 Å². The first kappa shape index (κ1) is 15.3. The van der Waals surface area contributed by atoms with Gasteiger partial charge < -0.3 is 10.4 Å². The Balaban J connectivity index is 1.71. The molecule has 1 aliphatic carbocycles. The SMILES string of the molecule is O=C(NCC1(CO)CC1)c1cnn(-c2ccc(Cl)cc2Cl)c1. The van der Waals surface area contributed by atoms with Gasteiger partial charge in [-0.2, -0.15) is 5.10 Å². The molecule has 0 spiro atoms. The average Bonchev–Trinajstić information content (AvgIpc) is 3.12. The van der Waals surface area contributed by atoms with E-state index in [1.54, 1.807) is 24.4 Å². The molecular weight excluding hydrogens is 325 g/mol. The van der Waals surface area contributed by atoms with Gasteiger partial charge in [0.05, 0.1) is 29.1 Å². The Kier molecular flexibility index (Phi) is 4.12. The monoisotopic (exact) mass is 339 g/mol. The topological polar surface area (TPSA) is 67.2 Å². The van der Waals surface area contributed by atoms with Gasteiger partial charge in [-0.25, -0.2) is 4.68 Å². The number of aliphatic hydroxyl groups is 1. The average molecular weight is 340 g/mol. The fraction of sp³-hybridized carbons (Fsp3) is 0.333. The number of benzene rings is 1. The largest absolute Gasteiger partial charge is 0.396 e.